The molecule has 3 heterocycles. The van der Waals surface area contributed by atoms with Gasteiger partial charge < -0.3 is 10.0 Å². The summed E-state index contributed by atoms with van der Waals surface area (Å²) in [4.78, 5) is 28.7. The fraction of sp³-hybridized carbons (Fsp3) is 0.630. The van der Waals surface area contributed by atoms with Crippen LogP contribution >= 0.6 is 11.3 Å². The lowest BCUT2D eigenvalue weighted by Gasteiger charge is -2.40. The first-order chi connectivity index (χ1) is 17.9. The summed E-state index contributed by atoms with van der Waals surface area (Å²) in [5.41, 5.74) is 0.119. The van der Waals surface area contributed by atoms with Gasteiger partial charge in [-0.2, -0.15) is 9.41 Å². The number of anilines is 1. The number of amides is 1. The maximum Gasteiger partial charge on any atom is 0.348 e. The van der Waals surface area contributed by atoms with Gasteiger partial charge in [-0.3, -0.25) is 4.79 Å². The predicted molar refractivity (Wildman–Crippen MR) is 150 cm³/mol. The van der Waals surface area contributed by atoms with Crippen LogP contribution in [0.25, 0.3) is 0 Å². The minimum absolute atomic E-state index is 0.0354. The van der Waals surface area contributed by atoms with Crippen molar-refractivity contribution < 1.29 is 23.1 Å². The minimum atomic E-state index is -3.72. The number of hydrogen-bond acceptors (Lipinski definition) is 7. The van der Waals surface area contributed by atoms with E-state index in [1.165, 1.54) is 10.5 Å². The van der Waals surface area contributed by atoms with Crippen molar-refractivity contribution in [2.45, 2.75) is 78.7 Å². The van der Waals surface area contributed by atoms with Crippen molar-refractivity contribution in [2.75, 3.05) is 18.0 Å². The van der Waals surface area contributed by atoms with Gasteiger partial charge in [-0.1, -0.05) is 18.8 Å². The molecule has 1 saturated heterocycles. The Kier molecular flexibility index (Phi) is 8.45. The van der Waals surface area contributed by atoms with Crippen molar-refractivity contribution in [3.63, 3.8) is 0 Å². The van der Waals surface area contributed by atoms with E-state index in [0.717, 1.165) is 37.0 Å². The lowest BCUT2D eigenvalue weighted by atomic mass is 9.82. The summed E-state index contributed by atoms with van der Waals surface area (Å²) in [6, 6.07) is 1.41. The van der Waals surface area contributed by atoms with E-state index < -0.39 is 16.0 Å². The molecule has 1 saturated carbocycles. The highest BCUT2D eigenvalue weighted by molar-refractivity contribution is 8.04. The fourth-order valence-electron chi connectivity index (χ4n) is 5.13. The van der Waals surface area contributed by atoms with Crippen molar-refractivity contribution in [2.24, 2.45) is 27.5 Å². The van der Waals surface area contributed by atoms with E-state index in [2.05, 4.69) is 29.0 Å². The molecule has 38 heavy (non-hydrogen) atoms. The number of thiophene rings is 1. The SMILES string of the molecule is CC(C)(C)C#Cc1cc(N(C(=O)[C@H]2CC[C@H](C)CC2)C2CCN(S(=O)(=O)C3=NN=CC3)CC2)c(C(=O)O)s1. The van der Waals surface area contributed by atoms with Crippen molar-refractivity contribution in [1.82, 2.24) is 4.31 Å². The van der Waals surface area contributed by atoms with E-state index in [0.29, 0.717) is 29.3 Å². The first-order valence-electron chi connectivity index (χ1n) is 13.2. The van der Waals surface area contributed by atoms with Gasteiger partial charge in [0, 0.05) is 43.1 Å². The van der Waals surface area contributed by atoms with Crippen LogP contribution in [0.5, 0.6) is 0 Å². The van der Waals surface area contributed by atoms with Crippen LogP contribution in [-0.2, 0) is 14.8 Å². The predicted octanol–water partition coefficient (Wildman–Crippen LogP) is 4.59. The molecule has 0 atom stereocenters. The molecule has 1 aromatic heterocycles. The molecule has 206 valence electrons. The van der Waals surface area contributed by atoms with Crippen LogP contribution in [0, 0.1) is 29.1 Å². The molecule has 1 aromatic rings. The van der Waals surface area contributed by atoms with Crippen LogP contribution in [0.1, 0.15) is 87.2 Å². The largest absolute Gasteiger partial charge is 0.477 e. The minimum Gasteiger partial charge on any atom is -0.477 e. The molecular weight excluding hydrogens is 524 g/mol. The number of carbonyl (C=O) groups excluding carboxylic acids is 1. The van der Waals surface area contributed by atoms with Gasteiger partial charge in [-0.25, -0.2) is 13.2 Å². The summed E-state index contributed by atoms with van der Waals surface area (Å²) < 4.78 is 27.4. The molecule has 2 aliphatic heterocycles. The molecule has 1 N–H and O–H groups in total. The smallest absolute Gasteiger partial charge is 0.348 e. The van der Waals surface area contributed by atoms with Gasteiger partial charge in [0.1, 0.15) is 4.88 Å². The van der Waals surface area contributed by atoms with Gasteiger partial charge in [-0.05, 0) is 71.3 Å². The quantitative estimate of drug-likeness (QED) is 0.529. The van der Waals surface area contributed by atoms with Crippen LogP contribution in [0.4, 0.5) is 5.69 Å². The first-order valence-corrected chi connectivity index (χ1v) is 15.4. The first kappa shape index (κ1) is 28.5. The maximum absolute atomic E-state index is 14.0. The lowest BCUT2D eigenvalue weighted by Crippen LogP contribution is -2.51. The summed E-state index contributed by atoms with van der Waals surface area (Å²) >= 11 is 1.08. The van der Waals surface area contributed by atoms with Crippen molar-refractivity contribution in [3.8, 4) is 11.8 Å². The highest BCUT2D eigenvalue weighted by Gasteiger charge is 2.40. The summed E-state index contributed by atoms with van der Waals surface area (Å²) in [7, 11) is -3.72. The second kappa shape index (κ2) is 11.3. The number of nitrogens with zero attached hydrogens (tertiary/aromatic N) is 4. The second-order valence-electron chi connectivity index (χ2n) is 11.4. The summed E-state index contributed by atoms with van der Waals surface area (Å²) in [5, 5.41) is 17.5. The second-order valence-corrected chi connectivity index (χ2v) is 14.4. The zero-order valence-corrected chi connectivity index (χ0v) is 24.1. The Morgan fingerprint density at radius 3 is 2.34 bits per heavy atom. The third-order valence-corrected chi connectivity index (χ3v) is 10.2. The molecule has 2 fully saturated rings. The summed E-state index contributed by atoms with van der Waals surface area (Å²) in [6.45, 7) is 8.59. The van der Waals surface area contributed by atoms with E-state index in [9.17, 15) is 23.1 Å². The van der Waals surface area contributed by atoms with Gasteiger partial charge in [0.2, 0.25) is 5.91 Å². The molecule has 1 aliphatic carbocycles. The third kappa shape index (κ3) is 6.35. The van der Waals surface area contributed by atoms with Crippen molar-refractivity contribution in [3.05, 3.63) is 15.8 Å². The molecule has 9 nitrogen and oxygen atoms in total. The molecule has 0 radical (unpaired) electrons. The number of hydrogen-bond donors (Lipinski definition) is 1. The normalized spacial score (nSPS) is 23.0. The molecule has 1 amide bonds. The molecule has 4 rings (SSSR count). The Morgan fingerprint density at radius 1 is 1.13 bits per heavy atom. The van der Waals surface area contributed by atoms with Gasteiger partial charge >= 0.3 is 5.97 Å². The number of piperidine rings is 1. The number of aromatic carboxylic acids is 1. The Labute approximate surface area is 229 Å². The molecule has 0 aromatic carbocycles. The van der Waals surface area contributed by atoms with Crippen LogP contribution in [0.15, 0.2) is 16.3 Å². The van der Waals surface area contributed by atoms with Crippen molar-refractivity contribution in [1.29, 1.82) is 0 Å². The molecule has 0 bridgehead atoms. The van der Waals surface area contributed by atoms with E-state index in [4.69, 9.17) is 0 Å². The Bertz CT molecular complexity index is 1300. The number of carboxylic acids is 1. The molecular formula is C27H36N4O5S2. The Balaban J connectivity index is 1.65. The Hall–Kier alpha value is -2.55. The third-order valence-electron chi connectivity index (χ3n) is 7.27. The van der Waals surface area contributed by atoms with Gasteiger partial charge in [0.15, 0.2) is 5.04 Å². The van der Waals surface area contributed by atoms with Crippen LogP contribution in [-0.4, -0.2) is 60.1 Å². The number of carboxylic acid groups (broad SMARTS) is 1. The van der Waals surface area contributed by atoms with Gasteiger partial charge in [0.25, 0.3) is 10.0 Å². The molecule has 11 heteroatoms. The standard InChI is InChI=1S/C27H36N4O5S2/c1-18-5-7-19(8-6-18)25(32)31(22-17-21(9-13-27(2,3)4)37-24(22)26(33)34)20-11-15-30(16-12-20)38(35,36)23-10-14-28-29-23/h14,17-20H,5-8,10-12,15-16H2,1-4H3,(H,33,34)/t18-,19-. The average Bonchev–Trinajstić information content (AvgIpc) is 3.55. The summed E-state index contributed by atoms with van der Waals surface area (Å²) in [6.07, 6.45) is 5.92. The van der Waals surface area contributed by atoms with Gasteiger partial charge in [0.05, 0.1) is 10.6 Å². The van der Waals surface area contributed by atoms with E-state index in [-0.39, 0.29) is 52.7 Å². The number of rotatable bonds is 5. The van der Waals surface area contributed by atoms with Gasteiger partial charge in [-0.15, -0.1) is 16.4 Å². The number of sulfonamides is 1. The summed E-state index contributed by atoms with van der Waals surface area (Å²) in [5.74, 6) is 5.48. The van der Waals surface area contributed by atoms with E-state index in [1.54, 1.807) is 11.0 Å². The molecule has 3 aliphatic rings. The van der Waals surface area contributed by atoms with Crippen molar-refractivity contribution >= 4 is 50.2 Å². The van der Waals surface area contributed by atoms with Crippen LogP contribution in [0.3, 0.4) is 0 Å². The maximum atomic E-state index is 14.0. The highest BCUT2D eigenvalue weighted by atomic mass is 32.2. The highest BCUT2D eigenvalue weighted by Crippen LogP contribution is 2.38. The van der Waals surface area contributed by atoms with Crippen LogP contribution < -0.4 is 4.90 Å². The number of carbonyl (C=O) groups is 2. The molecule has 0 unspecified atom stereocenters. The topological polar surface area (TPSA) is 120 Å². The Morgan fingerprint density at radius 2 is 1.79 bits per heavy atom. The average molecular weight is 561 g/mol. The molecule has 0 spiro atoms. The van der Waals surface area contributed by atoms with E-state index in [1.807, 2.05) is 20.8 Å². The van der Waals surface area contributed by atoms with E-state index >= 15 is 0 Å². The van der Waals surface area contributed by atoms with Crippen LogP contribution in [0.2, 0.25) is 0 Å². The fourth-order valence-corrected chi connectivity index (χ4v) is 7.40. The zero-order chi connectivity index (χ0) is 27.7. The monoisotopic (exact) mass is 560 g/mol. The lowest BCUT2D eigenvalue weighted by molar-refractivity contribution is -0.124. The zero-order valence-electron chi connectivity index (χ0n) is 22.4.